The lowest BCUT2D eigenvalue weighted by atomic mass is 10.00. The third-order valence-corrected chi connectivity index (χ3v) is 7.40. The standard InChI is InChI=1S/C30H36N6O2/c1-22(6-5-15-31-18-23-9-11-26(38-2)12-10-23)30(37)35-16-13-25(14-17-35)36-21-24(19-33-36)29-20-32-27-7-3-4-8-28(27)34-29/h3-4,7-12,19-22,25,31H,5-6,13-18H2,1-2H3. The van der Waals surface area contributed by atoms with E-state index in [4.69, 9.17) is 9.72 Å². The van der Waals surface area contributed by atoms with E-state index < -0.39 is 0 Å². The van der Waals surface area contributed by atoms with Gasteiger partial charge >= 0.3 is 0 Å². The van der Waals surface area contributed by atoms with E-state index in [1.165, 1.54) is 5.56 Å². The summed E-state index contributed by atoms with van der Waals surface area (Å²) < 4.78 is 7.24. The first-order valence-electron chi connectivity index (χ1n) is 13.5. The lowest BCUT2D eigenvalue weighted by molar-refractivity contribution is -0.136. The molecule has 2 aromatic heterocycles. The molecule has 1 amide bonds. The Labute approximate surface area is 224 Å². The molecular weight excluding hydrogens is 476 g/mol. The monoisotopic (exact) mass is 512 g/mol. The number of carbonyl (C=O) groups excluding carboxylic acids is 1. The van der Waals surface area contributed by atoms with Crippen molar-refractivity contribution in [3.8, 4) is 17.0 Å². The van der Waals surface area contributed by atoms with Crippen LogP contribution in [-0.2, 0) is 11.3 Å². The van der Waals surface area contributed by atoms with Gasteiger partial charge in [0.25, 0.3) is 0 Å². The van der Waals surface area contributed by atoms with Gasteiger partial charge in [0, 0.05) is 37.3 Å². The summed E-state index contributed by atoms with van der Waals surface area (Å²) in [5.74, 6) is 1.18. The molecule has 8 heteroatoms. The maximum atomic E-state index is 13.0. The number of aromatic nitrogens is 4. The molecule has 0 saturated carbocycles. The highest BCUT2D eigenvalue weighted by Gasteiger charge is 2.27. The normalized spacial score (nSPS) is 15.1. The van der Waals surface area contributed by atoms with Gasteiger partial charge in [0.05, 0.1) is 42.3 Å². The first-order valence-corrected chi connectivity index (χ1v) is 13.5. The molecule has 1 saturated heterocycles. The second kappa shape index (κ2) is 12.2. The Bertz CT molecular complexity index is 1340. The number of hydrogen-bond donors (Lipinski definition) is 1. The molecule has 2 aromatic carbocycles. The fraction of sp³-hybridized carbons (Fsp3) is 0.400. The Morgan fingerprint density at radius 1 is 1.08 bits per heavy atom. The molecule has 4 aromatic rings. The summed E-state index contributed by atoms with van der Waals surface area (Å²) in [6, 6.07) is 16.3. The minimum Gasteiger partial charge on any atom is -0.497 e. The van der Waals surface area contributed by atoms with Crippen LogP contribution in [0.25, 0.3) is 22.3 Å². The Hall–Kier alpha value is -3.78. The van der Waals surface area contributed by atoms with Crippen molar-refractivity contribution in [2.24, 2.45) is 5.92 Å². The second-order valence-corrected chi connectivity index (χ2v) is 10.1. The summed E-state index contributed by atoms with van der Waals surface area (Å²) >= 11 is 0. The number of ether oxygens (including phenoxy) is 1. The van der Waals surface area contributed by atoms with Crippen LogP contribution in [0.2, 0.25) is 0 Å². The maximum absolute atomic E-state index is 13.0. The van der Waals surface area contributed by atoms with Crippen LogP contribution in [0.4, 0.5) is 0 Å². The van der Waals surface area contributed by atoms with Crippen LogP contribution in [0.15, 0.2) is 67.1 Å². The minimum absolute atomic E-state index is 0.0390. The number of amides is 1. The zero-order chi connectivity index (χ0) is 26.3. The molecule has 1 aliphatic rings. The Morgan fingerprint density at radius 3 is 2.61 bits per heavy atom. The number of methoxy groups -OCH3 is 1. The lowest BCUT2D eigenvalue weighted by Gasteiger charge is -2.33. The van der Waals surface area contributed by atoms with Crippen molar-refractivity contribution in [3.05, 3.63) is 72.7 Å². The van der Waals surface area contributed by atoms with Gasteiger partial charge in [-0.25, -0.2) is 4.98 Å². The Morgan fingerprint density at radius 2 is 1.84 bits per heavy atom. The Balaban J connectivity index is 1.05. The second-order valence-electron chi connectivity index (χ2n) is 10.1. The SMILES string of the molecule is COc1ccc(CNCCCC(C)C(=O)N2CCC(n3cc(-c4cnc5ccccc5n4)cn3)CC2)cc1. The molecule has 1 unspecified atom stereocenters. The summed E-state index contributed by atoms with van der Waals surface area (Å²) in [5, 5.41) is 8.10. The summed E-state index contributed by atoms with van der Waals surface area (Å²) in [7, 11) is 1.68. The van der Waals surface area contributed by atoms with Crippen molar-refractivity contribution < 1.29 is 9.53 Å². The molecule has 0 bridgehead atoms. The summed E-state index contributed by atoms with van der Waals surface area (Å²) in [4.78, 5) is 24.3. The number of nitrogens with zero attached hydrogens (tertiary/aromatic N) is 5. The van der Waals surface area contributed by atoms with Crippen molar-refractivity contribution in [1.29, 1.82) is 0 Å². The van der Waals surface area contributed by atoms with Crippen LogP contribution in [0.3, 0.4) is 0 Å². The number of likely N-dealkylation sites (tertiary alicyclic amines) is 1. The number of para-hydroxylation sites is 2. The summed E-state index contributed by atoms with van der Waals surface area (Å²) in [6.45, 7) is 5.32. The third-order valence-electron chi connectivity index (χ3n) is 7.40. The largest absolute Gasteiger partial charge is 0.497 e. The highest BCUT2D eigenvalue weighted by molar-refractivity contribution is 5.78. The van der Waals surface area contributed by atoms with Gasteiger partial charge in [-0.15, -0.1) is 0 Å². The number of benzene rings is 2. The first-order chi connectivity index (χ1) is 18.6. The van der Waals surface area contributed by atoms with Crippen molar-refractivity contribution in [3.63, 3.8) is 0 Å². The van der Waals surface area contributed by atoms with Gasteiger partial charge in [0.2, 0.25) is 5.91 Å². The van der Waals surface area contributed by atoms with E-state index in [9.17, 15) is 4.79 Å². The predicted molar refractivity (Wildman–Crippen MR) is 149 cm³/mol. The molecule has 1 fully saturated rings. The van der Waals surface area contributed by atoms with Gasteiger partial charge in [-0.3, -0.25) is 14.5 Å². The molecule has 1 atom stereocenters. The van der Waals surface area contributed by atoms with Crippen molar-refractivity contribution in [1.82, 2.24) is 30.0 Å². The van der Waals surface area contributed by atoms with Gasteiger partial charge in [-0.2, -0.15) is 5.10 Å². The lowest BCUT2D eigenvalue weighted by Crippen LogP contribution is -2.41. The van der Waals surface area contributed by atoms with E-state index in [2.05, 4.69) is 40.7 Å². The first kappa shape index (κ1) is 25.9. The van der Waals surface area contributed by atoms with E-state index in [1.54, 1.807) is 13.3 Å². The molecular formula is C30H36N6O2. The number of rotatable bonds is 10. The molecule has 38 heavy (non-hydrogen) atoms. The highest BCUT2D eigenvalue weighted by Crippen LogP contribution is 2.26. The topological polar surface area (TPSA) is 85.2 Å². The fourth-order valence-electron chi connectivity index (χ4n) is 5.06. The van der Waals surface area contributed by atoms with Gasteiger partial charge in [0.1, 0.15) is 5.75 Å². The number of fused-ring (bicyclic) bond motifs is 1. The average molecular weight is 513 g/mol. The zero-order valence-electron chi connectivity index (χ0n) is 22.2. The van der Waals surface area contributed by atoms with Crippen molar-refractivity contribution in [2.75, 3.05) is 26.7 Å². The van der Waals surface area contributed by atoms with Crippen LogP contribution in [0.5, 0.6) is 5.75 Å². The maximum Gasteiger partial charge on any atom is 0.225 e. The quantitative estimate of drug-likeness (QED) is 0.305. The molecule has 0 spiro atoms. The summed E-state index contributed by atoms with van der Waals surface area (Å²) in [6.07, 6.45) is 9.42. The van der Waals surface area contributed by atoms with Crippen LogP contribution in [-0.4, -0.2) is 57.3 Å². The Kier molecular flexibility index (Phi) is 8.28. The number of piperidine rings is 1. The smallest absolute Gasteiger partial charge is 0.225 e. The third kappa shape index (κ3) is 6.19. The number of carbonyl (C=O) groups is 1. The van der Waals surface area contributed by atoms with E-state index >= 15 is 0 Å². The van der Waals surface area contributed by atoms with Crippen molar-refractivity contribution >= 4 is 16.9 Å². The molecule has 8 nitrogen and oxygen atoms in total. The van der Waals surface area contributed by atoms with Crippen LogP contribution in [0, 0.1) is 5.92 Å². The van der Waals surface area contributed by atoms with Gasteiger partial charge in [0.15, 0.2) is 0 Å². The molecule has 198 valence electrons. The molecule has 0 aliphatic carbocycles. The predicted octanol–water partition coefficient (Wildman–Crippen LogP) is 4.87. The highest BCUT2D eigenvalue weighted by atomic mass is 16.5. The summed E-state index contributed by atoms with van der Waals surface area (Å²) in [5.41, 5.74) is 4.80. The average Bonchev–Trinajstić information content (AvgIpc) is 3.47. The van der Waals surface area contributed by atoms with Crippen LogP contribution in [0.1, 0.15) is 44.2 Å². The molecule has 3 heterocycles. The van der Waals surface area contributed by atoms with Crippen LogP contribution >= 0.6 is 0 Å². The number of nitrogens with one attached hydrogen (secondary N) is 1. The molecule has 1 aliphatic heterocycles. The molecule has 5 rings (SSSR count). The van der Waals surface area contributed by atoms with Crippen molar-refractivity contribution in [2.45, 2.75) is 45.2 Å². The van der Waals surface area contributed by atoms with E-state index in [0.717, 1.165) is 79.9 Å². The van der Waals surface area contributed by atoms with Gasteiger partial charge in [-0.1, -0.05) is 31.2 Å². The number of hydrogen-bond acceptors (Lipinski definition) is 6. The van der Waals surface area contributed by atoms with Gasteiger partial charge in [-0.05, 0) is 62.1 Å². The van der Waals surface area contributed by atoms with Gasteiger partial charge < -0.3 is 15.0 Å². The zero-order valence-corrected chi connectivity index (χ0v) is 22.2. The van der Waals surface area contributed by atoms with E-state index in [-0.39, 0.29) is 11.8 Å². The minimum atomic E-state index is 0.0390. The molecule has 0 radical (unpaired) electrons. The van der Waals surface area contributed by atoms with E-state index in [0.29, 0.717) is 6.04 Å². The van der Waals surface area contributed by atoms with E-state index in [1.807, 2.05) is 52.2 Å². The fourth-order valence-corrected chi connectivity index (χ4v) is 5.06. The van der Waals surface area contributed by atoms with Crippen LogP contribution < -0.4 is 10.1 Å². The molecule has 1 N–H and O–H groups in total.